The highest BCUT2D eigenvalue weighted by Crippen LogP contribution is 2.53. The highest BCUT2D eigenvalue weighted by atomic mass is 16.7. The molecule has 15 atom stereocenters. The Labute approximate surface area is 556 Å². The quantitative estimate of drug-likeness (QED) is 0.0254. The van der Waals surface area contributed by atoms with Gasteiger partial charge in [-0.2, -0.15) is 0 Å². The van der Waals surface area contributed by atoms with Gasteiger partial charge >= 0.3 is 5.97 Å². The Morgan fingerprint density at radius 1 is 0.784 bits per heavy atom. The minimum atomic E-state index is -2.53. The average molecular weight is 1350 g/mol. The number of morpholine rings is 1. The monoisotopic (exact) mass is 1350 g/mol. The molecule has 5 heterocycles. The van der Waals surface area contributed by atoms with Crippen molar-refractivity contribution >= 4 is 52.8 Å². The Morgan fingerprint density at radius 3 is 2.24 bits per heavy atom. The van der Waals surface area contributed by atoms with E-state index in [1.807, 2.05) is 48.5 Å². The smallest absolute Gasteiger partial charge is 0.335 e. The zero-order valence-corrected chi connectivity index (χ0v) is 53.8. The summed E-state index contributed by atoms with van der Waals surface area (Å²) in [5.74, 6) is -3.01. The molecular formula is C68H78N6O23. The maximum Gasteiger partial charge on any atom is 0.335 e. The number of aliphatic hydroxyl groups excluding tert-OH is 3. The molecule has 4 fully saturated rings. The van der Waals surface area contributed by atoms with Crippen molar-refractivity contribution in [2.75, 3.05) is 52.0 Å². The second kappa shape index (κ2) is 29.3. The van der Waals surface area contributed by atoms with Crippen LogP contribution in [0, 0.1) is 17.8 Å². The van der Waals surface area contributed by atoms with Crippen molar-refractivity contribution in [1.82, 2.24) is 26.2 Å². The molecule has 0 bridgehead atoms. The van der Waals surface area contributed by atoms with Gasteiger partial charge in [0.25, 0.3) is 5.91 Å². The molecule has 0 aromatic heterocycles. The van der Waals surface area contributed by atoms with E-state index in [1.165, 1.54) is 32.4 Å². The lowest BCUT2D eigenvalue weighted by Gasteiger charge is -2.43. The number of hydrogen-bond acceptors (Lipinski definition) is 23. The molecule has 0 saturated carbocycles. The SMILES string of the molecule is COc1cccc2c1C(=O)c1c(O)c3c(c(O)c1C2=O)C[C@@](O)(C(=O)NCCNC(=O)C(COC1OC(C(=O)O)C(O)C(O)C1O)NC(=O)C(NC(=O)CCCCC(=O)N1Cc2ccccc2C#Cc2ccccc21)C(C)C)C[C@@H]3O[C@@H]1C[C@H]2[C@H](O[C@@H]3[C@@H](OC)OCCN32)[C@H](C)O1. The van der Waals surface area contributed by atoms with Crippen LogP contribution in [0.2, 0.25) is 0 Å². The van der Waals surface area contributed by atoms with E-state index >= 15 is 0 Å². The number of para-hydroxylation sites is 1. The number of carboxylic acid groups (broad SMARTS) is 1. The van der Waals surface area contributed by atoms with Crippen LogP contribution >= 0.6 is 0 Å². The number of aliphatic carboxylic acids is 1. The number of ether oxygens (including phenoxy) is 8. The van der Waals surface area contributed by atoms with E-state index < -0.39 is 188 Å². The fourth-order valence-electron chi connectivity index (χ4n) is 13.7. The minimum absolute atomic E-state index is 0.0224. The normalized spacial score (nSPS) is 27.6. The number of methoxy groups -OCH3 is 2. The summed E-state index contributed by atoms with van der Waals surface area (Å²) in [6.45, 7) is 4.29. The van der Waals surface area contributed by atoms with Crippen LogP contribution in [-0.4, -0.2) is 220 Å². The van der Waals surface area contributed by atoms with Crippen molar-refractivity contribution in [1.29, 1.82) is 0 Å². The predicted octanol–water partition coefficient (Wildman–Crippen LogP) is 0.424. The highest BCUT2D eigenvalue weighted by molar-refractivity contribution is 6.31. The Morgan fingerprint density at radius 2 is 1.49 bits per heavy atom. The number of rotatable bonds is 22. The molecule has 5 amide bonds. The van der Waals surface area contributed by atoms with Crippen LogP contribution in [0.5, 0.6) is 17.2 Å². The molecule has 4 aromatic rings. The largest absolute Gasteiger partial charge is 0.507 e. The minimum Gasteiger partial charge on any atom is -0.507 e. The molecule has 4 aromatic carbocycles. The second-order valence-corrected chi connectivity index (χ2v) is 25.3. The standard InChI is InChI=1S/C68H78N6O23/c1-32(2)51(72-44(75)19-10-11-20-45(76)74-30-36-15-7-6-13-34(36)21-22-35-14-8-9-17-40(35)74)62(85)71-39(31-93-65-58(83)56(81)57(82)60(97-65)64(86)87)61(84)69-23-24-70-67(88)68(89)28-38-48(55(80)50-49(53(38)78)52(77)37-16-12-18-42(90-4)47(37)54(50)79)43(29-68)95-46-27-41-59(33(3)94-46)96-63-66(91-5)92-26-25-73(41)63/h6-9,12-18,32-33,39,41,43,46,51,56-60,63,65-66,78,80-83,89H,10-11,19-20,23-31H2,1-5H3,(H,69,84)(H,70,88)(H,71,85)(H,72,75)(H,86,87)/t33-,39?,41-,43-,46+,51?,56?,57?,58?,59+,60?,63+,65?,66-,68-/m0/s1. The molecule has 29 nitrogen and oxygen atoms in total. The molecule has 518 valence electrons. The van der Waals surface area contributed by atoms with E-state index in [0.717, 1.165) is 11.1 Å². The number of carboxylic acids is 1. The predicted molar refractivity (Wildman–Crippen MR) is 335 cm³/mol. The number of nitrogens with zero attached hydrogens (tertiary/aromatic N) is 2. The van der Waals surface area contributed by atoms with Crippen LogP contribution in [0.3, 0.4) is 0 Å². The molecule has 29 heteroatoms. The van der Waals surface area contributed by atoms with Crippen molar-refractivity contribution in [2.45, 2.75) is 164 Å². The van der Waals surface area contributed by atoms with Gasteiger partial charge in [-0.3, -0.25) is 38.5 Å². The maximum atomic E-state index is 14.5. The molecule has 11 rings (SSSR count). The van der Waals surface area contributed by atoms with Gasteiger partial charge in [-0.15, -0.1) is 0 Å². The maximum absolute atomic E-state index is 14.5. The number of phenols is 2. The lowest BCUT2D eigenvalue weighted by molar-refractivity contribution is -0.294. The summed E-state index contributed by atoms with van der Waals surface area (Å²) < 4.78 is 47.0. The third-order valence-corrected chi connectivity index (χ3v) is 18.7. The number of phenolic OH excluding ortho intramolecular Hbond substituents is 2. The van der Waals surface area contributed by atoms with Gasteiger partial charge in [0.15, 0.2) is 37.0 Å². The highest BCUT2D eigenvalue weighted by Gasteiger charge is 2.56. The van der Waals surface area contributed by atoms with Gasteiger partial charge in [-0.1, -0.05) is 68.2 Å². The van der Waals surface area contributed by atoms with Crippen molar-refractivity contribution in [3.63, 3.8) is 0 Å². The van der Waals surface area contributed by atoms with Gasteiger partial charge in [-0.25, -0.2) is 4.79 Å². The van der Waals surface area contributed by atoms with Crippen molar-refractivity contribution in [3.8, 4) is 29.1 Å². The van der Waals surface area contributed by atoms with Crippen LogP contribution in [0.25, 0.3) is 0 Å². The molecular weight excluding hydrogens is 1270 g/mol. The van der Waals surface area contributed by atoms with Crippen molar-refractivity contribution < 1.29 is 112 Å². The number of carbonyl (C=O) groups is 8. The Hall–Kier alpha value is -8.48. The van der Waals surface area contributed by atoms with Gasteiger partial charge in [0.05, 0.1) is 61.5 Å². The number of ketones is 2. The van der Waals surface area contributed by atoms with E-state index in [0.29, 0.717) is 30.8 Å². The summed E-state index contributed by atoms with van der Waals surface area (Å²) in [6.07, 6.45) is -16.1. The van der Waals surface area contributed by atoms with Crippen LogP contribution in [0.4, 0.5) is 5.69 Å². The van der Waals surface area contributed by atoms with Crippen LogP contribution in [-0.2, 0) is 74.9 Å². The third kappa shape index (κ3) is 14.0. The molecule has 0 spiro atoms. The molecule has 0 radical (unpaired) electrons. The summed E-state index contributed by atoms with van der Waals surface area (Å²) in [6, 6.07) is 15.7. The van der Waals surface area contributed by atoms with Gasteiger partial charge in [-0.05, 0) is 55.5 Å². The first-order valence-corrected chi connectivity index (χ1v) is 32.1. The molecule has 7 aliphatic rings. The zero-order chi connectivity index (χ0) is 69.3. The van der Waals surface area contributed by atoms with E-state index in [2.05, 4.69) is 38.0 Å². The number of aliphatic hydroxyl groups is 4. The Bertz CT molecular complexity index is 3800. The number of anilines is 1. The molecule has 5 aliphatic heterocycles. The number of nitrogens with one attached hydrogen (secondary N) is 4. The second-order valence-electron chi connectivity index (χ2n) is 25.3. The molecule has 2 aliphatic carbocycles. The van der Waals surface area contributed by atoms with E-state index in [-0.39, 0.29) is 72.2 Å². The Kier molecular flexibility index (Phi) is 21.1. The number of fused-ring (bicyclic) bond motifs is 8. The first-order chi connectivity index (χ1) is 46.4. The molecule has 11 N–H and O–H groups in total. The first-order valence-electron chi connectivity index (χ1n) is 32.1. The topological polar surface area (TPSA) is 407 Å². The molecule has 7 unspecified atom stereocenters. The number of benzene rings is 4. The molecule has 97 heavy (non-hydrogen) atoms. The van der Waals surface area contributed by atoms with Gasteiger partial charge in [0.2, 0.25) is 29.4 Å². The number of amides is 5. The third-order valence-electron chi connectivity index (χ3n) is 18.7. The number of hydrogen-bond donors (Lipinski definition) is 11. The van der Waals surface area contributed by atoms with Crippen LogP contribution in [0.15, 0.2) is 66.7 Å². The average Bonchev–Trinajstić information content (AvgIpc) is 1.21. The van der Waals surface area contributed by atoms with Crippen molar-refractivity contribution in [3.05, 3.63) is 117 Å². The van der Waals surface area contributed by atoms with E-state index in [4.69, 9.17) is 37.9 Å². The van der Waals surface area contributed by atoms with E-state index in [1.54, 1.807) is 25.7 Å². The number of carbonyl (C=O) groups excluding carboxylic acids is 7. The lowest BCUT2D eigenvalue weighted by atomic mass is 9.72. The van der Waals surface area contributed by atoms with Crippen LogP contribution < -0.4 is 30.9 Å². The van der Waals surface area contributed by atoms with Gasteiger partial charge in [0, 0.05) is 92.7 Å². The van der Waals surface area contributed by atoms with Gasteiger partial charge < -0.3 is 99.8 Å². The van der Waals surface area contributed by atoms with E-state index in [9.17, 15) is 74.1 Å². The number of aromatic hydroxyl groups is 2. The Balaban J connectivity index is 0.772. The summed E-state index contributed by atoms with van der Waals surface area (Å²) in [5, 5.41) is 88.7. The lowest BCUT2D eigenvalue weighted by Crippen LogP contribution is -2.61. The summed E-state index contributed by atoms with van der Waals surface area (Å²) in [7, 11) is 2.79. The summed E-state index contributed by atoms with van der Waals surface area (Å²) >= 11 is 0. The van der Waals surface area contributed by atoms with Gasteiger partial charge in [0.1, 0.15) is 59.3 Å². The number of unbranched alkanes of at least 4 members (excludes halogenated alkanes) is 1. The fraction of sp³-hybridized carbons (Fsp3) is 0.500. The summed E-state index contributed by atoms with van der Waals surface area (Å²) in [4.78, 5) is 115. The first kappa shape index (κ1) is 69.9. The fourth-order valence-corrected chi connectivity index (χ4v) is 13.7. The zero-order valence-electron chi connectivity index (χ0n) is 53.8. The summed E-state index contributed by atoms with van der Waals surface area (Å²) in [5.41, 5.74) is -1.48. The van der Waals surface area contributed by atoms with Crippen molar-refractivity contribution in [2.24, 2.45) is 5.92 Å². The molecule has 4 saturated heterocycles. The van der Waals surface area contributed by atoms with Crippen LogP contribution in [0.1, 0.15) is 125 Å².